The average Bonchev–Trinajstić information content (AvgIpc) is 3.58. The van der Waals surface area contributed by atoms with Crippen molar-refractivity contribution in [3.8, 4) is 22.8 Å². The summed E-state index contributed by atoms with van der Waals surface area (Å²) in [5.41, 5.74) is 14.5. The van der Waals surface area contributed by atoms with Crippen LogP contribution in [-0.2, 0) is 13.0 Å². The van der Waals surface area contributed by atoms with Crippen LogP contribution in [0.1, 0.15) is 35.1 Å². The first-order chi connectivity index (χ1) is 19.0. The van der Waals surface area contributed by atoms with Crippen LogP contribution < -0.4 is 10.5 Å². The summed E-state index contributed by atoms with van der Waals surface area (Å²) in [5.74, 6) is 2.71. The summed E-state index contributed by atoms with van der Waals surface area (Å²) in [7, 11) is 0. The van der Waals surface area contributed by atoms with Crippen molar-refractivity contribution in [1.82, 2.24) is 19.5 Å². The number of nitrogen functional groups attached to an aromatic ring is 1. The Labute approximate surface area is 226 Å². The molecule has 4 heterocycles. The van der Waals surface area contributed by atoms with Crippen LogP contribution in [0.4, 0.5) is 5.69 Å². The van der Waals surface area contributed by atoms with E-state index in [9.17, 15) is 0 Å². The second-order valence-corrected chi connectivity index (χ2v) is 9.52. The zero-order valence-corrected chi connectivity index (χ0v) is 22.1. The second-order valence-electron chi connectivity index (χ2n) is 9.52. The van der Waals surface area contributed by atoms with E-state index in [-0.39, 0.29) is 0 Å². The zero-order valence-electron chi connectivity index (χ0n) is 22.1. The Morgan fingerprint density at radius 3 is 2.54 bits per heavy atom. The number of nitrogens with two attached hydrogens (primary N) is 1. The number of aryl methyl sites for hydroxylation is 3. The predicted molar refractivity (Wildman–Crippen MR) is 152 cm³/mol. The number of pyridine rings is 2. The van der Waals surface area contributed by atoms with E-state index in [1.165, 1.54) is 0 Å². The number of fused-ring (bicyclic) bond motifs is 1. The Balaban J connectivity index is 1.35. The molecule has 0 spiro atoms. The Morgan fingerprint density at radius 2 is 1.79 bits per heavy atom. The molecule has 0 amide bonds. The summed E-state index contributed by atoms with van der Waals surface area (Å²) in [6.07, 6.45) is 2.46. The molecule has 5 aromatic rings. The van der Waals surface area contributed by atoms with Gasteiger partial charge in [0.25, 0.3) is 0 Å². The predicted octanol–water partition coefficient (Wildman–Crippen LogP) is 6.27. The molecule has 2 N–H and O–H groups in total. The number of anilines is 1. The molecule has 0 aliphatic carbocycles. The number of aliphatic imine (C=N–C) groups is 1. The number of hydrogen-bond donors (Lipinski definition) is 1. The highest BCUT2D eigenvalue weighted by Crippen LogP contribution is 2.32. The molecule has 0 fully saturated rings. The monoisotopic (exact) mass is 516 g/mol. The number of azo groups is 1. The van der Waals surface area contributed by atoms with Crippen LogP contribution in [0.15, 0.2) is 82.1 Å². The van der Waals surface area contributed by atoms with E-state index in [2.05, 4.69) is 69.0 Å². The van der Waals surface area contributed by atoms with E-state index in [4.69, 9.17) is 20.4 Å². The van der Waals surface area contributed by atoms with Crippen LogP contribution in [0, 0.1) is 13.8 Å². The van der Waals surface area contributed by atoms with Gasteiger partial charge in [0.15, 0.2) is 18.2 Å². The summed E-state index contributed by atoms with van der Waals surface area (Å²) < 4.78 is 8.23. The van der Waals surface area contributed by atoms with E-state index in [0.29, 0.717) is 36.4 Å². The van der Waals surface area contributed by atoms with Crippen molar-refractivity contribution in [1.29, 1.82) is 0 Å². The molecular weight excluding hydrogens is 488 g/mol. The van der Waals surface area contributed by atoms with Crippen molar-refractivity contribution in [3.63, 3.8) is 0 Å². The highest BCUT2D eigenvalue weighted by molar-refractivity contribution is 6.05. The van der Waals surface area contributed by atoms with Gasteiger partial charge in [0.05, 0.1) is 6.54 Å². The standard InChI is InChI=1S/C30H28N8O/c1-4-26-36-28-18(2)13-19(3)35-30(28)38(26)16-20-5-7-21(8-6-20)25-15-23(39-27-14-22(31)11-12-32-27)9-10-24(25)29-33-17-34-37-29/h5-15H,4,16-17H2,1-3H3,(H2,31,32). The van der Waals surface area contributed by atoms with Gasteiger partial charge < -0.3 is 15.0 Å². The number of nitrogens with zero attached hydrogens (tertiary/aromatic N) is 7. The SMILES string of the molecule is CCc1nc2c(C)cc(C)nc2n1Cc1ccc(-c2cc(Oc3cc(N)ccn3)ccc2C2=NCN=N2)cc1. The fraction of sp³-hybridized carbons (Fsp3) is 0.200. The van der Waals surface area contributed by atoms with Crippen LogP contribution in [0.25, 0.3) is 22.3 Å². The highest BCUT2D eigenvalue weighted by atomic mass is 16.5. The minimum absolute atomic E-state index is 0.338. The maximum Gasteiger partial charge on any atom is 0.221 e. The molecule has 0 saturated heterocycles. The van der Waals surface area contributed by atoms with Crippen molar-refractivity contribution in [3.05, 3.63) is 95.1 Å². The number of benzene rings is 2. The second kappa shape index (κ2) is 10.1. The highest BCUT2D eigenvalue weighted by Gasteiger charge is 2.17. The van der Waals surface area contributed by atoms with Gasteiger partial charge in [-0.25, -0.2) is 19.9 Å². The molecule has 0 radical (unpaired) electrons. The third-order valence-corrected chi connectivity index (χ3v) is 6.69. The van der Waals surface area contributed by atoms with Crippen molar-refractivity contribution >= 4 is 22.7 Å². The van der Waals surface area contributed by atoms with Gasteiger partial charge in [-0.2, -0.15) is 5.11 Å². The lowest BCUT2D eigenvalue weighted by atomic mass is 9.97. The number of ether oxygens (including phenoxy) is 1. The van der Waals surface area contributed by atoms with E-state index < -0.39 is 0 Å². The van der Waals surface area contributed by atoms with E-state index >= 15 is 0 Å². The Hall–Kier alpha value is -4.92. The first-order valence-corrected chi connectivity index (χ1v) is 12.9. The summed E-state index contributed by atoms with van der Waals surface area (Å²) in [5, 5.41) is 8.27. The third-order valence-electron chi connectivity index (χ3n) is 6.69. The first kappa shape index (κ1) is 24.4. The Kier molecular flexibility index (Phi) is 6.32. The van der Waals surface area contributed by atoms with Gasteiger partial charge in [-0.15, -0.1) is 5.11 Å². The number of imidazole rings is 1. The molecule has 1 aliphatic heterocycles. The van der Waals surface area contributed by atoms with Crippen LogP contribution >= 0.6 is 0 Å². The van der Waals surface area contributed by atoms with Crippen LogP contribution in [0.5, 0.6) is 11.6 Å². The minimum Gasteiger partial charge on any atom is -0.439 e. The largest absolute Gasteiger partial charge is 0.439 e. The number of rotatable bonds is 7. The molecule has 0 unspecified atom stereocenters. The smallest absolute Gasteiger partial charge is 0.221 e. The molecule has 9 nitrogen and oxygen atoms in total. The molecule has 1 aliphatic rings. The number of amidine groups is 1. The number of aromatic nitrogens is 4. The lowest BCUT2D eigenvalue weighted by Crippen LogP contribution is -2.06. The number of hydrogen-bond acceptors (Lipinski definition) is 8. The Bertz CT molecular complexity index is 1750. The maximum absolute atomic E-state index is 6.02. The van der Waals surface area contributed by atoms with E-state index in [1.54, 1.807) is 18.3 Å². The molecule has 2 aromatic carbocycles. The molecule has 0 saturated carbocycles. The van der Waals surface area contributed by atoms with Crippen LogP contribution in [0.2, 0.25) is 0 Å². The molecule has 194 valence electrons. The van der Waals surface area contributed by atoms with Gasteiger partial charge in [-0.05, 0) is 66.4 Å². The maximum atomic E-state index is 6.02. The molecule has 3 aromatic heterocycles. The average molecular weight is 517 g/mol. The fourth-order valence-corrected chi connectivity index (χ4v) is 4.85. The molecule has 0 atom stereocenters. The van der Waals surface area contributed by atoms with Crippen molar-refractivity contribution in [2.45, 2.75) is 33.7 Å². The zero-order chi connectivity index (χ0) is 26.9. The molecule has 6 rings (SSSR count). The summed E-state index contributed by atoms with van der Waals surface area (Å²) in [6, 6.07) is 19.8. The van der Waals surface area contributed by atoms with Crippen LogP contribution in [-0.4, -0.2) is 32.0 Å². The van der Waals surface area contributed by atoms with Gasteiger partial charge in [0.1, 0.15) is 17.1 Å². The van der Waals surface area contributed by atoms with Gasteiger partial charge in [-0.3, -0.25) is 0 Å². The minimum atomic E-state index is 0.338. The van der Waals surface area contributed by atoms with Gasteiger partial charge in [0.2, 0.25) is 5.88 Å². The van der Waals surface area contributed by atoms with E-state index in [1.807, 2.05) is 25.1 Å². The van der Waals surface area contributed by atoms with E-state index in [0.717, 1.165) is 56.9 Å². The summed E-state index contributed by atoms with van der Waals surface area (Å²) in [4.78, 5) is 18.4. The first-order valence-electron chi connectivity index (χ1n) is 12.9. The van der Waals surface area contributed by atoms with Gasteiger partial charge >= 0.3 is 0 Å². The summed E-state index contributed by atoms with van der Waals surface area (Å²) in [6.45, 7) is 7.27. The molecular formula is C30H28N8O. The quantitative estimate of drug-likeness (QED) is 0.274. The molecule has 9 heteroatoms. The van der Waals surface area contributed by atoms with Gasteiger partial charge in [-0.1, -0.05) is 31.2 Å². The molecule has 39 heavy (non-hydrogen) atoms. The van der Waals surface area contributed by atoms with Crippen molar-refractivity contribution in [2.75, 3.05) is 12.4 Å². The van der Waals surface area contributed by atoms with Crippen LogP contribution in [0.3, 0.4) is 0 Å². The normalized spacial score (nSPS) is 12.7. The lowest BCUT2D eigenvalue weighted by Gasteiger charge is -2.13. The van der Waals surface area contributed by atoms with Crippen molar-refractivity contribution < 1.29 is 4.74 Å². The van der Waals surface area contributed by atoms with Gasteiger partial charge in [0, 0.05) is 35.6 Å². The Morgan fingerprint density at radius 1 is 0.949 bits per heavy atom. The fourth-order valence-electron chi connectivity index (χ4n) is 4.85. The van der Waals surface area contributed by atoms with Crippen molar-refractivity contribution in [2.24, 2.45) is 15.2 Å². The third kappa shape index (κ3) is 4.86. The topological polar surface area (TPSA) is 116 Å². The lowest BCUT2D eigenvalue weighted by molar-refractivity contribution is 0.463. The summed E-state index contributed by atoms with van der Waals surface area (Å²) >= 11 is 0. The molecule has 0 bridgehead atoms.